The van der Waals surface area contributed by atoms with E-state index in [1.165, 1.54) is 0 Å². The summed E-state index contributed by atoms with van der Waals surface area (Å²) in [5.41, 5.74) is 14.3. The topological polar surface area (TPSA) is 42.4 Å². The maximum absolute atomic E-state index is 6.32. The zero-order valence-electron chi connectivity index (χ0n) is 33.0. The normalized spacial score (nSPS) is 11.6. The molecule has 0 amide bonds. The molecule has 0 saturated heterocycles. The van der Waals surface area contributed by atoms with Gasteiger partial charge in [0.1, 0.15) is 16.7 Å². The molecule has 12 aromatic rings. The van der Waals surface area contributed by atoms with Gasteiger partial charge in [0.25, 0.3) is 0 Å². The van der Waals surface area contributed by atoms with E-state index in [4.69, 9.17) is 13.8 Å². The minimum atomic E-state index is 0.625. The summed E-state index contributed by atoms with van der Waals surface area (Å²) in [7, 11) is 0. The zero-order valence-corrected chi connectivity index (χ0v) is 33.0. The first-order chi connectivity index (χ1) is 30.2. The molecule has 2 aromatic heterocycles. The lowest BCUT2D eigenvalue weighted by Crippen LogP contribution is -2.11. The van der Waals surface area contributed by atoms with Crippen LogP contribution in [0.15, 0.2) is 227 Å². The fourth-order valence-electron chi connectivity index (χ4n) is 8.94. The highest BCUT2D eigenvalue weighted by atomic mass is 16.3. The van der Waals surface area contributed by atoms with Gasteiger partial charge in [-0.2, -0.15) is 0 Å². The van der Waals surface area contributed by atoms with Gasteiger partial charge < -0.3 is 13.7 Å². The highest BCUT2D eigenvalue weighted by molar-refractivity contribution is 6.19. The Balaban J connectivity index is 1.08. The zero-order chi connectivity index (χ0) is 40.3. The summed E-state index contributed by atoms with van der Waals surface area (Å²) < 4.78 is 12.6. The summed E-state index contributed by atoms with van der Waals surface area (Å²) in [6.07, 6.45) is 0. The van der Waals surface area contributed by atoms with E-state index in [0.29, 0.717) is 5.89 Å². The highest BCUT2D eigenvalue weighted by Crippen LogP contribution is 2.45. The van der Waals surface area contributed by atoms with Gasteiger partial charge in [-0.3, -0.25) is 0 Å². The second kappa shape index (κ2) is 14.3. The van der Waals surface area contributed by atoms with Crippen LogP contribution in [-0.4, -0.2) is 4.98 Å². The molecule has 0 saturated carbocycles. The highest BCUT2D eigenvalue weighted by Gasteiger charge is 2.21. The standard InChI is InChI=1S/C57H36N2O2/c1-4-14-37(15-5-1)43-33-44(41-26-29-48-42(32-41)25-24-39-27-30-54-56(55(39)48)58-57(61-54)40-18-8-3-9-19-40)35-46(34-43)59(51-22-12-10-20-47(51)38-16-6-2-7-17-38)45-28-31-53-50(36-45)49-21-11-13-23-52(49)60-53/h1-36H. The van der Waals surface area contributed by atoms with Crippen molar-refractivity contribution >= 4 is 71.6 Å². The molecule has 0 fully saturated rings. The van der Waals surface area contributed by atoms with Crippen molar-refractivity contribution < 1.29 is 8.83 Å². The van der Waals surface area contributed by atoms with Crippen LogP contribution in [0.25, 0.3) is 99.4 Å². The Labute approximate surface area is 352 Å². The third-order valence-electron chi connectivity index (χ3n) is 11.8. The number of benzene rings is 10. The largest absolute Gasteiger partial charge is 0.456 e. The Morgan fingerprint density at radius 2 is 0.984 bits per heavy atom. The van der Waals surface area contributed by atoms with Crippen LogP contribution in [0.2, 0.25) is 0 Å². The number of para-hydroxylation sites is 2. The van der Waals surface area contributed by atoms with E-state index in [1.54, 1.807) is 0 Å². The molecule has 286 valence electrons. The Morgan fingerprint density at radius 1 is 0.344 bits per heavy atom. The molecule has 0 aliphatic carbocycles. The van der Waals surface area contributed by atoms with Gasteiger partial charge in [0.2, 0.25) is 5.89 Å². The summed E-state index contributed by atoms with van der Waals surface area (Å²) in [6.45, 7) is 0. The maximum atomic E-state index is 6.32. The molecule has 0 unspecified atom stereocenters. The maximum Gasteiger partial charge on any atom is 0.227 e. The third-order valence-corrected chi connectivity index (χ3v) is 11.8. The minimum absolute atomic E-state index is 0.625. The lowest BCUT2D eigenvalue weighted by atomic mass is 9.94. The number of nitrogens with zero attached hydrogens (tertiary/aromatic N) is 2. The van der Waals surface area contributed by atoms with Crippen LogP contribution >= 0.6 is 0 Å². The summed E-state index contributed by atoms with van der Waals surface area (Å²) in [5, 5.41) is 6.67. The van der Waals surface area contributed by atoms with Crippen molar-refractivity contribution in [2.45, 2.75) is 0 Å². The number of oxazole rings is 1. The van der Waals surface area contributed by atoms with Crippen LogP contribution in [0.1, 0.15) is 0 Å². The average Bonchev–Trinajstić information content (AvgIpc) is 3.94. The SMILES string of the molecule is c1ccc(-c2cc(-c3ccc4c(ccc5ccc6oc(-c7ccccc7)nc6c54)c3)cc(N(c3ccc4oc5ccccc5c4c3)c3ccccc3-c3ccccc3)c2)cc1. The summed E-state index contributed by atoms with van der Waals surface area (Å²) in [6, 6.07) is 77.3. The Kier molecular flexibility index (Phi) is 8.13. The van der Waals surface area contributed by atoms with Gasteiger partial charge in [0.05, 0.1) is 5.69 Å². The van der Waals surface area contributed by atoms with Crippen molar-refractivity contribution in [3.63, 3.8) is 0 Å². The lowest BCUT2D eigenvalue weighted by Gasteiger charge is -2.29. The molecule has 61 heavy (non-hydrogen) atoms. The molecule has 0 N–H and O–H groups in total. The summed E-state index contributed by atoms with van der Waals surface area (Å²) in [4.78, 5) is 7.46. The van der Waals surface area contributed by atoms with Crippen LogP contribution in [0.3, 0.4) is 0 Å². The fourth-order valence-corrected chi connectivity index (χ4v) is 8.94. The van der Waals surface area contributed by atoms with Crippen molar-refractivity contribution in [2.75, 3.05) is 4.90 Å². The first-order valence-corrected chi connectivity index (χ1v) is 20.6. The molecule has 0 atom stereocenters. The van der Waals surface area contributed by atoms with Gasteiger partial charge in [-0.15, -0.1) is 0 Å². The van der Waals surface area contributed by atoms with Crippen molar-refractivity contribution in [3.8, 4) is 44.8 Å². The summed E-state index contributed by atoms with van der Waals surface area (Å²) >= 11 is 0. The lowest BCUT2D eigenvalue weighted by molar-refractivity contribution is 0.620. The molecule has 10 aromatic carbocycles. The van der Waals surface area contributed by atoms with E-state index in [0.717, 1.165) is 111 Å². The number of rotatable bonds is 7. The number of aromatic nitrogens is 1. The molecule has 0 radical (unpaired) electrons. The van der Waals surface area contributed by atoms with E-state index in [2.05, 4.69) is 175 Å². The van der Waals surface area contributed by atoms with E-state index in [-0.39, 0.29) is 0 Å². The van der Waals surface area contributed by atoms with E-state index < -0.39 is 0 Å². The first kappa shape index (κ1) is 34.8. The quantitative estimate of drug-likeness (QED) is 0.151. The van der Waals surface area contributed by atoms with E-state index >= 15 is 0 Å². The van der Waals surface area contributed by atoms with Crippen LogP contribution in [0, 0.1) is 0 Å². The molecule has 0 aliphatic rings. The fraction of sp³-hybridized carbons (Fsp3) is 0. The van der Waals surface area contributed by atoms with Gasteiger partial charge in [0.15, 0.2) is 5.58 Å². The monoisotopic (exact) mass is 780 g/mol. The number of furan rings is 1. The average molecular weight is 781 g/mol. The first-order valence-electron chi connectivity index (χ1n) is 20.6. The number of hydrogen-bond donors (Lipinski definition) is 0. The summed E-state index contributed by atoms with van der Waals surface area (Å²) in [5.74, 6) is 0.625. The van der Waals surface area contributed by atoms with Crippen LogP contribution < -0.4 is 4.90 Å². The third kappa shape index (κ3) is 6.04. The Hall–Kier alpha value is -8.21. The van der Waals surface area contributed by atoms with Crippen LogP contribution in [0.5, 0.6) is 0 Å². The minimum Gasteiger partial charge on any atom is -0.456 e. The molecule has 12 rings (SSSR count). The molecule has 0 aliphatic heterocycles. The van der Waals surface area contributed by atoms with Gasteiger partial charge in [-0.25, -0.2) is 4.98 Å². The van der Waals surface area contributed by atoms with Gasteiger partial charge in [-0.1, -0.05) is 146 Å². The van der Waals surface area contributed by atoms with Crippen molar-refractivity contribution in [3.05, 3.63) is 218 Å². The molecule has 2 heterocycles. The van der Waals surface area contributed by atoms with E-state index in [1.807, 2.05) is 48.5 Å². The Bertz CT molecular complexity index is 3590. The molecular formula is C57H36N2O2. The number of fused-ring (bicyclic) bond motifs is 8. The van der Waals surface area contributed by atoms with Crippen molar-refractivity contribution in [1.29, 1.82) is 0 Å². The van der Waals surface area contributed by atoms with Crippen molar-refractivity contribution in [2.24, 2.45) is 0 Å². The predicted molar refractivity (Wildman–Crippen MR) is 253 cm³/mol. The molecular weight excluding hydrogens is 745 g/mol. The van der Waals surface area contributed by atoms with Crippen LogP contribution in [0.4, 0.5) is 17.1 Å². The van der Waals surface area contributed by atoms with Gasteiger partial charge in [-0.05, 0) is 117 Å². The molecule has 0 bridgehead atoms. The number of hydrogen-bond acceptors (Lipinski definition) is 4. The molecule has 4 nitrogen and oxygen atoms in total. The second-order valence-electron chi connectivity index (χ2n) is 15.5. The van der Waals surface area contributed by atoms with Crippen molar-refractivity contribution in [1.82, 2.24) is 4.98 Å². The Morgan fingerprint density at radius 3 is 1.80 bits per heavy atom. The predicted octanol–water partition coefficient (Wildman–Crippen LogP) is 16.2. The van der Waals surface area contributed by atoms with Gasteiger partial charge >= 0.3 is 0 Å². The molecule has 0 spiro atoms. The van der Waals surface area contributed by atoms with Gasteiger partial charge in [0, 0.05) is 38.7 Å². The smallest absolute Gasteiger partial charge is 0.227 e. The van der Waals surface area contributed by atoms with E-state index in [9.17, 15) is 0 Å². The number of anilines is 3. The molecule has 4 heteroatoms. The second-order valence-corrected chi connectivity index (χ2v) is 15.5. The van der Waals surface area contributed by atoms with Crippen LogP contribution in [-0.2, 0) is 0 Å².